The molecule has 0 heterocycles. The van der Waals surface area contributed by atoms with Gasteiger partial charge in [0.15, 0.2) is 0 Å². The van der Waals surface area contributed by atoms with Gasteiger partial charge in [-0.3, -0.25) is 0 Å². The van der Waals surface area contributed by atoms with Crippen molar-refractivity contribution in [1.29, 1.82) is 0 Å². The molecule has 15 rings (SSSR count). The SMILES string of the molecule is C=Cc1ccc(Oc2ccc(C3(c4c(F)cccc4F)C4=C(CCC=C4)c4ccc(N(c5ccc(-c6cccc(-c7ccccc7)c6)cc5)c5ccc6c(c5)C(c5ccc(Oc7ccc(C=C)cc7)cc5)(c5c(F)cccc5F)c5ccccc5-6)cc43)cc2)cc1. The monoisotopic (exact) mass is 1190 g/mol. The van der Waals surface area contributed by atoms with E-state index in [1.54, 1.807) is 12.2 Å². The Balaban J connectivity index is 0.945. The second kappa shape index (κ2) is 23.0. The highest BCUT2D eigenvalue weighted by atomic mass is 19.1. The third kappa shape index (κ3) is 9.51. The van der Waals surface area contributed by atoms with Crippen LogP contribution in [0.2, 0.25) is 0 Å². The van der Waals surface area contributed by atoms with Crippen molar-refractivity contribution in [2.24, 2.45) is 0 Å². The normalized spacial score (nSPS) is 15.9. The van der Waals surface area contributed by atoms with Crippen molar-refractivity contribution in [2.75, 3.05) is 4.90 Å². The van der Waals surface area contributed by atoms with Crippen LogP contribution in [0.3, 0.4) is 0 Å². The maximum atomic E-state index is 17.4. The van der Waals surface area contributed by atoms with Crippen LogP contribution < -0.4 is 14.4 Å². The molecule has 438 valence electrons. The Kier molecular flexibility index (Phi) is 14.2. The fourth-order valence-electron chi connectivity index (χ4n) is 14.2. The second-order valence-electron chi connectivity index (χ2n) is 23.2. The average Bonchev–Trinajstić information content (AvgIpc) is 1.58. The molecule has 0 aromatic heterocycles. The number of allylic oxidation sites excluding steroid dienone is 4. The van der Waals surface area contributed by atoms with Crippen LogP contribution in [-0.4, -0.2) is 0 Å². The first kappa shape index (κ1) is 56.2. The first-order valence-electron chi connectivity index (χ1n) is 30.4. The summed E-state index contributed by atoms with van der Waals surface area (Å²) in [7, 11) is 0. The molecule has 0 radical (unpaired) electrons. The number of hydrogen-bond donors (Lipinski definition) is 0. The fourth-order valence-corrected chi connectivity index (χ4v) is 14.2. The lowest BCUT2D eigenvalue weighted by atomic mass is 9.66. The Morgan fingerprint density at radius 1 is 0.363 bits per heavy atom. The van der Waals surface area contributed by atoms with Gasteiger partial charge in [0, 0.05) is 28.2 Å². The molecule has 7 heteroatoms. The van der Waals surface area contributed by atoms with Crippen LogP contribution >= 0.6 is 0 Å². The van der Waals surface area contributed by atoms with Gasteiger partial charge in [0.1, 0.15) is 46.3 Å². The smallest absolute Gasteiger partial charge is 0.130 e. The number of ether oxygens (including phenoxy) is 2. The molecule has 2 atom stereocenters. The van der Waals surface area contributed by atoms with Gasteiger partial charge in [0.05, 0.1) is 10.8 Å². The van der Waals surface area contributed by atoms with Crippen LogP contribution in [0.15, 0.2) is 304 Å². The summed E-state index contributed by atoms with van der Waals surface area (Å²) in [6.45, 7) is 7.76. The molecule has 0 saturated carbocycles. The third-order valence-electron chi connectivity index (χ3n) is 18.2. The number of benzene rings is 12. The van der Waals surface area contributed by atoms with E-state index in [9.17, 15) is 0 Å². The first-order valence-corrected chi connectivity index (χ1v) is 30.4. The molecule has 0 fully saturated rings. The van der Waals surface area contributed by atoms with Crippen molar-refractivity contribution in [3.63, 3.8) is 0 Å². The van der Waals surface area contributed by atoms with Crippen LogP contribution in [0.5, 0.6) is 23.0 Å². The van der Waals surface area contributed by atoms with Crippen molar-refractivity contribution in [3.8, 4) is 56.4 Å². The van der Waals surface area contributed by atoms with Gasteiger partial charge in [0.2, 0.25) is 0 Å². The molecule has 0 aliphatic heterocycles. The second-order valence-corrected chi connectivity index (χ2v) is 23.2. The standard InChI is InChI=1S/C84H57F4NO2/c1-3-54-27-41-65(42-28-54)90-67-45-33-60(34-46-67)83(81-77(85)23-13-24-78(81)86)73-21-10-8-19-69(73)71-49-39-63(52-75(71)83)89(62-37-31-57(32-38-62)59-18-12-17-58(51-59)56-15-6-5-7-16-56)64-40-50-72-70-20-9-11-22-74(70)84(76(72)53-64,82-79(87)25-14-26-80(82)88)61-35-47-68(48-36-61)91-66-43-29-55(4-2)30-44-66/h3-8,10-19,21-53H,1-2,9,20H2. The summed E-state index contributed by atoms with van der Waals surface area (Å²) in [5.41, 5.74) is 12.5. The average molecular weight is 1190 g/mol. The van der Waals surface area contributed by atoms with Gasteiger partial charge in [-0.25, -0.2) is 17.6 Å². The van der Waals surface area contributed by atoms with E-state index in [1.807, 2.05) is 158 Å². The molecule has 3 nitrogen and oxygen atoms in total. The predicted molar refractivity (Wildman–Crippen MR) is 360 cm³/mol. The molecule has 2 unspecified atom stereocenters. The molecule has 0 bridgehead atoms. The molecule has 0 N–H and O–H groups in total. The number of fused-ring (bicyclic) bond motifs is 5. The molecular weight excluding hydrogens is 1130 g/mol. The maximum absolute atomic E-state index is 17.4. The van der Waals surface area contributed by atoms with E-state index in [1.165, 1.54) is 36.4 Å². The minimum absolute atomic E-state index is 0.0960. The summed E-state index contributed by atoms with van der Waals surface area (Å²) in [6, 6.07) is 85.5. The number of rotatable bonds is 15. The van der Waals surface area contributed by atoms with E-state index in [2.05, 4.69) is 109 Å². The van der Waals surface area contributed by atoms with Gasteiger partial charge >= 0.3 is 0 Å². The zero-order chi connectivity index (χ0) is 61.8. The molecule has 0 spiro atoms. The van der Waals surface area contributed by atoms with Crippen LogP contribution in [0, 0.1) is 23.3 Å². The van der Waals surface area contributed by atoms with Crippen LogP contribution in [0.25, 0.3) is 51.1 Å². The third-order valence-corrected chi connectivity index (χ3v) is 18.2. The summed E-state index contributed by atoms with van der Waals surface area (Å²) in [4.78, 5) is 2.13. The number of halogens is 4. The Labute approximate surface area is 526 Å². The number of anilines is 3. The number of nitrogens with zero attached hydrogens (tertiary/aromatic N) is 1. The molecule has 12 aromatic rings. The molecule has 0 saturated heterocycles. The van der Waals surface area contributed by atoms with Crippen LogP contribution in [0.4, 0.5) is 34.6 Å². The molecule has 0 amide bonds. The highest BCUT2D eigenvalue weighted by molar-refractivity contribution is 5.93. The molecule has 12 aromatic carbocycles. The van der Waals surface area contributed by atoms with E-state index in [0.29, 0.717) is 68.6 Å². The van der Waals surface area contributed by atoms with Crippen molar-refractivity contribution in [1.82, 2.24) is 0 Å². The Morgan fingerprint density at radius 2 is 0.791 bits per heavy atom. The minimum atomic E-state index is -1.55. The van der Waals surface area contributed by atoms with Crippen LogP contribution in [-0.2, 0) is 10.8 Å². The van der Waals surface area contributed by atoms with Crippen molar-refractivity contribution >= 4 is 34.8 Å². The lowest BCUT2D eigenvalue weighted by molar-refractivity contribution is 0.481. The summed E-state index contributed by atoms with van der Waals surface area (Å²) in [5.74, 6) is -0.463. The largest absolute Gasteiger partial charge is 0.457 e. The Hall–Kier alpha value is -11.3. The summed E-state index contributed by atoms with van der Waals surface area (Å²) >= 11 is 0. The van der Waals surface area contributed by atoms with Gasteiger partial charge in [-0.05, 0) is 217 Å². The molecular formula is C84H57F4NO2. The molecule has 91 heavy (non-hydrogen) atoms. The van der Waals surface area contributed by atoms with Gasteiger partial charge in [-0.1, -0.05) is 195 Å². The van der Waals surface area contributed by atoms with E-state index in [-0.39, 0.29) is 11.1 Å². The van der Waals surface area contributed by atoms with E-state index in [0.717, 1.165) is 73.3 Å². The maximum Gasteiger partial charge on any atom is 0.130 e. The minimum Gasteiger partial charge on any atom is -0.457 e. The summed E-state index contributed by atoms with van der Waals surface area (Å²) in [5, 5.41) is 0. The zero-order valence-corrected chi connectivity index (χ0v) is 49.4. The van der Waals surface area contributed by atoms with E-state index in [4.69, 9.17) is 9.47 Å². The predicted octanol–water partition coefficient (Wildman–Crippen LogP) is 22.7. The molecule has 3 aliphatic rings. The lowest BCUT2D eigenvalue weighted by Crippen LogP contribution is -2.32. The lowest BCUT2D eigenvalue weighted by Gasteiger charge is -2.37. The zero-order valence-electron chi connectivity index (χ0n) is 49.4. The van der Waals surface area contributed by atoms with Gasteiger partial charge in [-0.2, -0.15) is 0 Å². The highest BCUT2D eigenvalue weighted by Crippen LogP contribution is 2.61. The van der Waals surface area contributed by atoms with Crippen LogP contribution in [0.1, 0.15) is 68.5 Å². The Bertz CT molecular complexity index is 4840. The molecule has 3 aliphatic carbocycles. The Morgan fingerprint density at radius 3 is 1.34 bits per heavy atom. The van der Waals surface area contributed by atoms with Gasteiger partial charge in [-0.15, -0.1) is 0 Å². The summed E-state index contributed by atoms with van der Waals surface area (Å²) < 4.78 is 82.3. The van der Waals surface area contributed by atoms with Crippen molar-refractivity contribution < 1.29 is 27.0 Å². The quantitative estimate of drug-likeness (QED) is 0.0955. The topological polar surface area (TPSA) is 21.7 Å². The number of hydrogen-bond acceptors (Lipinski definition) is 3. The highest BCUT2D eigenvalue weighted by Gasteiger charge is 2.52. The summed E-state index contributed by atoms with van der Waals surface area (Å²) in [6.07, 6.45) is 9.04. The fraction of sp³-hybridized carbons (Fsp3) is 0.0476. The van der Waals surface area contributed by atoms with Gasteiger partial charge in [0.25, 0.3) is 0 Å². The van der Waals surface area contributed by atoms with Crippen molar-refractivity contribution in [3.05, 3.63) is 383 Å². The van der Waals surface area contributed by atoms with Gasteiger partial charge < -0.3 is 14.4 Å². The first-order chi connectivity index (χ1) is 44.6. The van der Waals surface area contributed by atoms with E-state index >= 15 is 17.6 Å². The van der Waals surface area contributed by atoms with Crippen molar-refractivity contribution in [2.45, 2.75) is 23.7 Å². The van der Waals surface area contributed by atoms with E-state index < -0.39 is 34.1 Å².